The number of nitriles is 1. The van der Waals surface area contributed by atoms with Gasteiger partial charge in [-0.2, -0.15) is 5.26 Å². The number of aliphatic hydroxyl groups excluding tert-OH is 1. The van der Waals surface area contributed by atoms with Crippen LogP contribution in [0.2, 0.25) is 0 Å². The topological polar surface area (TPSA) is 53.2 Å². The molecule has 0 spiro atoms. The van der Waals surface area contributed by atoms with Crippen LogP contribution in [0.4, 0.5) is 0 Å². The normalized spacial score (nSPS) is 20.6. The number of benzene rings is 2. The minimum absolute atomic E-state index is 0.177. The molecule has 2 aromatic carbocycles. The van der Waals surface area contributed by atoms with Crippen molar-refractivity contribution in [3.63, 3.8) is 0 Å². The zero-order chi connectivity index (χ0) is 25.6. The molecule has 2 aromatic rings. The summed E-state index contributed by atoms with van der Waals surface area (Å²) in [6.07, 6.45) is 15.6. The minimum atomic E-state index is -0.177. The molecule has 3 nitrogen and oxygen atoms in total. The van der Waals surface area contributed by atoms with Gasteiger partial charge in [-0.25, -0.2) is 0 Å². The van der Waals surface area contributed by atoms with E-state index in [1.807, 2.05) is 0 Å². The monoisotopic (exact) mass is 489 g/mol. The van der Waals surface area contributed by atoms with Gasteiger partial charge in [-0.05, 0) is 79.7 Å². The van der Waals surface area contributed by atoms with E-state index in [2.05, 4.69) is 68.4 Å². The lowest BCUT2D eigenvalue weighted by molar-refractivity contribution is 0.176. The maximum absolute atomic E-state index is 10.1. The van der Waals surface area contributed by atoms with Crippen molar-refractivity contribution in [2.75, 3.05) is 6.61 Å². The van der Waals surface area contributed by atoms with Gasteiger partial charge in [0.1, 0.15) is 5.75 Å². The van der Waals surface area contributed by atoms with E-state index >= 15 is 0 Å². The third kappa shape index (κ3) is 8.38. The van der Waals surface area contributed by atoms with Gasteiger partial charge >= 0.3 is 0 Å². The highest BCUT2D eigenvalue weighted by atomic mass is 16.5. The summed E-state index contributed by atoms with van der Waals surface area (Å²) in [6.45, 7) is 4.74. The maximum Gasteiger partial charge on any atom is 0.119 e. The van der Waals surface area contributed by atoms with E-state index < -0.39 is 0 Å². The third-order valence-corrected chi connectivity index (χ3v) is 8.01. The van der Waals surface area contributed by atoms with Crippen LogP contribution in [0.15, 0.2) is 48.5 Å². The molecule has 3 heteroatoms. The van der Waals surface area contributed by atoms with Crippen molar-refractivity contribution < 1.29 is 9.84 Å². The highest BCUT2D eigenvalue weighted by molar-refractivity contribution is 5.64. The predicted molar refractivity (Wildman–Crippen MR) is 150 cm³/mol. The molecule has 3 rings (SSSR count). The van der Waals surface area contributed by atoms with Crippen molar-refractivity contribution in [2.24, 2.45) is 5.41 Å². The number of nitrogens with zero attached hydrogens (tertiary/aromatic N) is 1. The first-order valence-corrected chi connectivity index (χ1v) is 14.5. The van der Waals surface area contributed by atoms with Gasteiger partial charge in [-0.15, -0.1) is 0 Å². The Morgan fingerprint density at radius 1 is 0.917 bits per heavy atom. The van der Waals surface area contributed by atoms with E-state index in [-0.39, 0.29) is 12.0 Å². The highest BCUT2D eigenvalue weighted by Crippen LogP contribution is 2.46. The molecule has 36 heavy (non-hydrogen) atoms. The Labute approximate surface area is 219 Å². The Morgan fingerprint density at radius 3 is 2.25 bits per heavy atom. The zero-order valence-electron chi connectivity index (χ0n) is 22.7. The average Bonchev–Trinajstić information content (AvgIpc) is 2.92. The summed E-state index contributed by atoms with van der Waals surface area (Å²) in [5.74, 6) is 1.44. The van der Waals surface area contributed by atoms with Gasteiger partial charge in [0, 0.05) is 6.61 Å². The Bertz CT molecular complexity index is 914. The molecule has 0 aromatic heterocycles. The second-order valence-corrected chi connectivity index (χ2v) is 10.9. The van der Waals surface area contributed by atoms with Gasteiger partial charge in [0.05, 0.1) is 17.6 Å². The first-order valence-electron chi connectivity index (χ1n) is 14.5. The van der Waals surface area contributed by atoms with Crippen LogP contribution in [0.1, 0.15) is 115 Å². The van der Waals surface area contributed by atoms with Crippen molar-refractivity contribution in [2.45, 2.75) is 116 Å². The summed E-state index contributed by atoms with van der Waals surface area (Å²) in [4.78, 5) is 0. The summed E-state index contributed by atoms with van der Waals surface area (Å²) in [6, 6.07) is 20.3. The fourth-order valence-corrected chi connectivity index (χ4v) is 5.84. The van der Waals surface area contributed by atoms with Gasteiger partial charge in [0.25, 0.3) is 0 Å². The molecule has 0 amide bonds. The second-order valence-electron chi connectivity index (χ2n) is 10.9. The van der Waals surface area contributed by atoms with Gasteiger partial charge in [-0.1, -0.05) is 95.2 Å². The summed E-state index contributed by atoms with van der Waals surface area (Å²) in [5.41, 5.74) is 3.64. The predicted octanol–water partition coefficient (Wildman–Crippen LogP) is 9.20. The van der Waals surface area contributed by atoms with Crippen LogP contribution in [-0.4, -0.2) is 17.8 Å². The summed E-state index contributed by atoms with van der Waals surface area (Å²) in [7, 11) is 0. The van der Waals surface area contributed by atoms with E-state index in [0.717, 1.165) is 76.4 Å². The Morgan fingerprint density at radius 2 is 1.61 bits per heavy atom. The van der Waals surface area contributed by atoms with Gasteiger partial charge in [0.15, 0.2) is 0 Å². The SMILES string of the molecule is CCCCC(CCC)Oc1ccc(-c2ccc(C3CCCC(C#N)(CCCCCCO)C3)cc2)cc1. The quantitative estimate of drug-likeness (QED) is 0.254. The van der Waals surface area contributed by atoms with E-state index in [0.29, 0.717) is 12.0 Å². The fourth-order valence-electron chi connectivity index (χ4n) is 5.84. The molecule has 0 aliphatic heterocycles. The lowest BCUT2D eigenvalue weighted by Crippen LogP contribution is -2.26. The molecule has 0 radical (unpaired) electrons. The second kappa shape index (κ2) is 15.1. The van der Waals surface area contributed by atoms with E-state index in [1.165, 1.54) is 36.0 Å². The van der Waals surface area contributed by atoms with E-state index in [4.69, 9.17) is 9.84 Å². The van der Waals surface area contributed by atoms with E-state index in [1.54, 1.807) is 0 Å². The van der Waals surface area contributed by atoms with Gasteiger partial charge in [-0.3, -0.25) is 0 Å². The van der Waals surface area contributed by atoms with Crippen molar-refractivity contribution >= 4 is 0 Å². The molecule has 3 unspecified atom stereocenters. The molecular weight excluding hydrogens is 442 g/mol. The molecule has 1 aliphatic rings. The number of ether oxygens (including phenoxy) is 1. The Balaban J connectivity index is 1.59. The van der Waals surface area contributed by atoms with Crippen LogP contribution >= 0.6 is 0 Å². The van der Waals surface area contributed by atoms with Crippen LogP contribution in [0.5, 0.6) is 5.75 Å². The Hall–Kier alpha value is -2.31. The first kappa shape index (κ1) is 28.3. The van der Waals surface area contributed by atoms with Gasteiger partial charge < -0.3 is 9.84 Å². The van der Waals surface area contributed by atoms with Gasteiger partial charge in [0.2, 0.25) is 0 Å². The standard InChI is InChI=1S/C33H47NO2/c1-3-5-13-31(11-4-2)36-32-20-18-28(19-21-32)27-14-16-29(17-15-27)30-12-10-23-33(25-30,26-34)22-8-6-7-9-24-35/h14-21,30-31,35H,3-13,22-25H2,1-2H3. The molecule has 1 N–H and O–H groups in total. The fraction of sp³-hybridized carbons (Fsp3) is 0.606. The van der Waals surface area contributed by atoms with E-state index in [9.17, 15) is 5.26 Å². The lowest BCUT2D eigenvalue weighted by atomic mass is 9.66. The van der Waals surface area contributed by atoms with Crippen molar-refractivity contribution in [1.29, 1.82) is 5.26 Å². The van der Waals surface area contributed by atoms with Crippen molar-refractivity contribution in [3.05, 3.63) is 54.1 Å². The summed E-state index contributed by atoms with van der Waals surface area (Å²) < 4.78 is 6.29. The smallest absolute Gasteiger partial charge is 0.119 e. The van der Waals surface area contributed by atoms with Crippen LogP contribution in [-0.2, 0) is 0 Å². The molecule has 1 fully saturated rings. The Kier molecular flexibility index (Phi) is 11.8. The van der Waals surface area contributed by atoms with Crippen LogP contribution in [0.25, 0.3) is 11.1 Å². The maximum atomic E-state index is 10.1. The molecular formula is C33H47NO2. The number of hydrogen-bond donors (Lipinski definition) is 1. The number of aliphatic hydroxyl groups is 1. The largest absolute Gasteiger partial charge is 0.490 e. The third-order valence-electron chi connectivity index (χ3n) is 8.01. The average molecular weight is 490 g/mol. The molecule has 0 saturated heterocycles. The summed E-state index contributed by atoms with van der Waals surface area (Å²) >= 11 is 0. The van der Waals surface area contributed by atoms with Crippen LogP contribution < -0.4 is 4.74 Å². The van der Waals surface area contributed by atoms with Crippen molar-refractivity contribution in [1.82, 2.24) is 0 Å². The number of hydrogen-bond acceptors (Lipinski definition) is 3. The molecule has 0 bridgehead atoms. The number of rotatable bonds is 15. The lowest BCUT2D eigenvalue weighted by Gasteiger charge is -2.36. The molecule has 0 heterocycles. The van der Waals surface area contributed by atoms with Crippen molar-refractivity contribution in [3.8, 4) is 22.9 Å². The molecule has 1 aliphatic carbocycles. The summed E-state index contributed by atoms with van der Waals surface area (Å²) in [5, 5.41) is 19.0. The number of unbranched alkanes of at least 4 members (excludes halogenated alkanes) is 4. The van der Waals surface area contributed by atoms with Crippen LogP contribution in [0, 0.1) is 16.7 Å². The van der Waals surface area contributed by atoms with Crippen LogP contribution in [0.3, 0.4) is 0 Å². The zero-order valence-corrected chi connectivity index (χ0v) is 22.7. The molecule has 1 saturated carbocycles. The molecule has 3 atom stereocenters. The molecule has 196 valence electrons. The minimum Gasteiger partial charge on any atom is -0.490 e. The highest BCUT2D eigenvalue weighted by Gasteiger charge is 2.36. The first-order chi connectivity index (χ1) is 17.6.